The second-order valence-corrected chi connectivity index (χ2v) is 8.54. The maximum atomic E-state index is 12.4. The van der Waals surface area contributed by atoms with Gasteiger partial charge < -0.3 is 30.7 Å². The molecule has 1 aromatic heterocycles. The molecule has 0 saturated carbocycles. The van der Waals surface area contributed by atoms with Crippen LogP contribution in [0.25, 0.3) is 0 Å². The van der Waals surface area contributed by atoms with Crippen LogP contribution in [-0.2, 0) is 9.59 Å². The summed E-state index contributed by atoms with van der Waals surface area (Å²) < 4.78 is 5.10. The number of fused-ring (bicyclic) bond motifs is 1. The number of rotatable bonds is 5. The molecule has 0 spiro atoms. The number of β-lactam (4-membered cyclic amide) rings is 1. The molecule has 0 aliphatic carbocycles. The van der Waals surface area contributed by atoms with Gasteiger partial charge in [-0.1, -0.05) is 6.92 Å². The van der Waals surface area contributed by atoms with Crippen molar-refractivity contribution in [2.24, 2.45) is 11.8 Å². The lowest BCUT2D eigenvalue weighted by Crippen LogP contribution is -2.63. The smallest absolute Gasteiger partial charge is 0.353 e. The van der Waals surface area contributed by atoms with Crippen molar-refractivity contribution in [3.05, 3.63) is 16.5 Å². The fourth-order valence-corrected chi connectivity index (χ4v) is 5.71. The molecule has 5 N–H and O–H groups in total. The zero-order valence-electron chi connectivity index (χ0n) is 14.8. The molecule has 0 bridgehead atoms. The monoisotopic (exact) mass is 395 g/mol. The van der Waals surface area contributed by atoms with Crippen LogP contribution in [0.1, 0.15) is 32.2 Å². The van der Waals surface area contributed by atoms with Gasteiger partial charge in [-0.2, -0.15) is 4.98 Å². The molecule has 3 aliphatic rings. The third kappa shape index (κ3) is 2.80. The standard InChI is InChI=1S/C16H21N5O5S/c1-5-10-9(6(2)22)14(23)21(10)11(15(24)25)12(5)27-7-3-8(18-4-7)13-19-16(17)20-26-13/h5-10,18,22H,3-4H2,1-2H3,(H2,17,20)(H,24,25)/t5-,6-,7+,8+,9-,10-/m1/s1. The van der Waals surface area contributed by atoms with Crippen LogP contribution in [0, 0.1) is 11.8 Å². The van der Waals surface area contributed by atoms with Gasteiger partial charge >= 0.3 is 5.97 Å². The Balaban J connectivity index is 1.53. The average Bonchev–Trinajstić information content (AvgIpc) is 3.27. The predicted molar refractivity (Wildman–Crippen MR) is 95.1 cm³/mol. The molecule has 2 fully saturated rings. The topological polar surface area (TPSA) is 155 Å². The highest BCUT2D eigenvalue weighted by atomic mass is 32.2. The number of carboxylic acids is 1. The summed E-state index contributed by atoms with van der Waals surface area (Å²) in [6.07, 6.45) is -0.130. The number of hydrogen-bond donors (Lipinski definition) is 4. The Hall–Kier alpha value is -2.11. The van der Waals surface area contributed by atoms with Crippen molar-refractivity contribution in [3.8, 4) is 0 Å². The minimum absolute atomic E-state index is 0.0462. The minimum atomic E-state index is -1.11. The van der Waals surface area contributed by atoms with Crippen LogP contribution in [0.15, 0.2) is 15.1 Å². The van der Waals surface area contributed by atoms with Gasteiger partial charge in [-0.15, -0.1) is 11.8 Å². The number of nitrogens with two attached hydrogens (primary N) is 1. The van der Waals surface area contributed by atoms with E-state index in [9.17, 15) is 19.8 Å². The first-order chi connectivity index (χ1) is 12.8. The Morgan fingerprint density at radius 3 is 2.85 bits per heavy atom. The molecular weight excluding hydrogens is 374 g/mol. The van der Waals surface area contributed by atoms with Crippen molar-refractivity contribution in [1.82, 2.24) is 20.4 Å². The van der Waals surface area contributed by atoms with Crippen LogP contribution in [-0.4, -0.2) is 61.1 Å². The van der Waals surface area contributed by atoms with Crippen molar-refractivity contribution >= 4 is 29.6 Å². The van der Waals surface area contributed by atoms with E-state index in [-0.39, 0.29) is 40.8 Å². The van der Waals surface area contributed by atoms with Crippen molar-refractivity contribution in [3.63, 3.8) is 0 Å². The van der Waals surface area contributed by atoms with E-state index in [2.05, 4.69) is 15.5 Å². The first-order valence-corrected chi connectivity index (χ1v) is 9.65. The molecule has 27 heavy (non-hydrogen) atoms. The number of carboxylic acid groups (broad SMARTS) is 1. The van der Waals surface area contributed by atoms with Gasteiger partial charge in [-0.05, 0) is 18.5 Å². The number of hydrogen-bond acceptors (Lipinski definition) is 9. The summed E-state index contributed by atoms with van der Waals surface area (Å²) in [6, 6.07) is -0.436. The van der Waals surface area contributed by atoms with E-state index in [1.165, 1.54) is 16.7 Å². The van der Waals surface area contributed by atoms with E-state index >= 15 is 0 Å². The van der Waals surface area contributed by atoms with Crippen LogP contribution < -0.4 is 11.1 Å². The fraction of sp³-hybridized carbons (Fsp3) is 0.625. The number of amides is 1. The molecule has 0 aromatic carbocycles. The van der Waals surface area contributed by atoms with Crippen molar-refractivity contribution in [1.29, 1.82) is 0 Å². The molecule has 1 amide bonds. The van der Waals surface area contributed by atoms with Gasteiger partial charge in [0.25, 0.3) is 5.95 Å². The molecule has 6 atom stereocenters. The molecule has 146 valence electrons. The Morgan fingerprint density at radius 2 is 2.26 bits per heavy atom. The zero-order chi connectivity index (χ0) is 19.5. The van der Waals surface area contributed by atoms with Crippen LogP contribution in [0.4, 0.5) is 5.95 Å². The van der Waals surface area contributed by atoms with Crippen LogP contribution in [0.2, 0.25) is 0 Å². The van der Waals surface area contributed by atoms with Crippen molar-refractivity contribution < 1.29 is 24.3 Å². The Kier molecular flexibility index (Phi) is 4.40. The second kappa shape index (κ2) is 6.50. The Labute approximate surface area is 159 Å². The van der Waals surface area contributed by atoms with E-state index < -0.39 is 18.0 Å². The lowest BCUT2D eigenvalue weighted by atomic mass is 9.79. The maximum Gasteiger partial charge on any atom is 0.353 e. The summed E-state index contributed by atoms with van der Waals surface area (Å²) in [7, 11) is 0. The number of nitrogens with one attached hydrogen (secondary N) is 1. The third-order valence-corrected chi connectivity index (χ3v) is 6.96. The highest BCUT2D eigenvalue weighted by Crippen LogP contribution is 2.52. The van der Waals surface area contributed by atoms with E-state index in [1.54, 1.807) is 6.92 Å². The van der Waals surface area contributed by atoms with Gasteiger partial charge in [-0.25, -0.2) is 4.79 Å². The van der Waals surface area contributed by atoms with Gasteiger partial charge in [-0.3, -0.25) is 4.79 Å². The Morgan fingerprint density at radius 1 is 1.52 bits per heavy atom. The van der Waals surface area contributed by atoms with Crippen LogP contribution in [0.3, 0.4) is 0 Å². The number of nitrogens with zero attached hydrogens (tertiary/aromatic N) is 3. The second-order valence-electron chi connectivity index (χ2n) is 7.20. The van der Waals surface area contributed by atoms with Gasteiger partial charge in [0.05, 0.1) is 24.1 Å². The number of nitrogen functional groups attached to an aromatic ring is 1. The van der Waals surface area contributed by atoms with E-state index in [0.29, 0.717) is 23.8 Å². The molecule has 10 nitrogen and oxygen atoms in total. The molecule has 2 saturated heterocycles. The first-order valence-electron chi connectivity index (χ1n) is 8.77. The van der Waals surface area contributed by atoms with Crippen molar-refractivity contribution in [2.75, 3.05) is 12.3 Å². The number of thioether (sulfide) groups is 1. The van der Waals surface area contributed by atoms with Gasteiger partial charge in [0, 0.05) is 22.6 Å². The lowest BCUT2D eigenvalue weighted by Gasteiger charge is -2.46. The normalized spacial score (nSPS) is 34.0. The van der Waals surface area contributed by atoms with Gasteiger partial charge in [0.1, 0.15) is 5.70 Å². The molecule has 11 heteroatoms. The predicted octanol–water partition coefficient (Wildman–Crippen LogP) is -0.0583. The van der Waals surface area contributed by atoms with Gasteiger partial charge in [0.15, 0.2) is 0 Å². The highest BCUT2D eigenvalue weighted by molar-refractivity contribution is 8.03. The number of anilines is 1. The summed E-state index contributed by atoms with van der Waals surface area (Å²) in [6.45, 7) is 4.12. The number of aromatic nitrogens is 2. The van der Waals surface area contributed by atoms with E-state index in [1.807, 2.05) is 6.92 Å². The van der Waals surface area contributed by atoms with E-state index in [4.69, 9.17) is 10.3 Å². The number of aliphatic carboxylic acids is 1. The van der Waals surface area contributed by atoms with Crippen LogP contribution in [0.5, 0.6) is 0 Å². The molecule has 1 aromatic rings. The largest absolute Gasteiger partial charge is 0.477 e. The summed E-state index contributed by atoms with van der Waals surface area (Å²) >= 11 is 1.47. The number of aliphatic hydroxyl groups is 1. The highest BCUT2D eigenvalue weighted by Gasteiger charge is 2.60. The van der Waals surface area contributed by atoms with Crippen molar-refractivity contribution in [2.45, 2.75) is 43.7 Å². The molecular formula is C16H21N5O5S. The molecule has 0 radical (unpaired) electrons. The summed E-state index contributed by atoms with van der Waals surface area (Å²) in [5.74, 6) is -1.64. The summed E-state index contributed by atoms with van der Waals surface area (Å²) in [5.41, 5.74) is 5.54. The summed E-state index contributed by atoms with van der Waals surface area (Å²) in [5, 5.41) is 26.5. The first kappa shape index (κ1) is 18.3. The average molecular weight is 395 g/mol. The number of carbonyl (C=O) groups is 2. The summed E-state index contributed by atoms with van der Waals surface area (Å²) in [4.78, 5) is 30.3. The molecule has 4 heterocycles. The minimum Gasteiger partial charge on any atom is -0.477 e. The third-order valence-electron chi connectivity index (χ3n) is 5.45. The fourth-order valence-electron chi connectivity index (χ4n) is 4.23. The number of aliphatic hydroxyl groups excluding tert-OH is 1. The molecule has 0 unspecified atom stereocenters. The zero-order valence-corrected chi connectivity index (χ0v) is 15.6. The molecule has 4 rings (SSSR count). The number of carbonyl (C=O) groups excluding carboxylic acids is 1. The lowest BCUT2D eigenvalue weighted by molar-refractivity contribution is -0.163. The quantitative estimate of drug-likeness (QED) is 0.498. The molecule has 3 aliphatic heterocycles. The Bertz CT molecular complexity index is 824. The maximum absolute atomic E-state index is 12.4. The van der Waals surface area contributed by atoms with Crippen LogP contribution >= 0.6 is 11.8 Å². The van der Waals surface area contributed by atoms with Gasteiger partial charge in [0.2, 0.25) is 11.8 Å². The SMILES string of the molecule is C[C@@H](O)[C@H]1C(=O)N2C(C(=O)O)=C(S[C@@H]3CN[C@H](c4nc(N)no4)C3)[C@H](C)[C@H]12. The van der Waals surface area contributed by atoms with E-state index in [0.717, 1.165) is 0 Å².